The maximum absolute atomic E-state index is 5.98. The van der Waals surface area contributed by atoms with E-state index in [1.165, 1.54) is 31.2 Å². The summed E-state index contributed by atoms with van der Waals surface area (Å²) < 4.78 is 0. The maximum Gasteiger partial charge on any atom is 0.189 e. The third-order valence-electron chi connectivity index (χ3n) is 3.83. The molecule has 1 unspecified atom stereocenters. The van der Waals surface area contributed by atoms with E-state index in [0.717, 1.165) is 0 Å². The number of benzene rings is 1. The van der Waals surface area contributed by atoms with Gasteiger partial charge in [-0.15, -0.1) is 0 Å². The summed E-state index contributed by atoms with van der Waals surface area (Å²) in [6.45, 7) is 5.31. The van der Waals surface area contributed by atoms with Gasteiger partial charge in [-0.05, 0) is 30.2 Å². The van der Waals surface area contributed by atoms with Gasteiger partial charge in [0.15, 0.2) is 5.96 Å². The predicted octanol–water partition coefficient (Wildman–Crippen LogP) is 3.06. The smallest absolute Gasteiger partial charge is 0.189 e. The Balaban J connectivity index is 1.85. The number of hydrogen-bond acceptors (Lipinski definition) is 1. The Hall–Kier alpha value is -1.51. The molecule has 0 aliphatic heterocycles. The van der Waals surface area contributed by atoms with Crippen LogP contribution in [0.1, 0.15) is 45.1 Å². The van der Waals surface area contributed by atoms with Crippen LogP contribution < -0.4 is 11.1 Å². The van der Waals surface area contributed by atoms with Crippen LogP contribution in [0.3, 0.4) is 0 Å². The third-order valence-corrected chi connectivity index (χ3v) is 3.83. The highest BCUT2D eigenvalue weighted by Gasteiger charge is 2.27. The Labute approximate surface area is 116 Å². The summed E-state index contributed by atoms with van der Waals surface area (Å²) in [7, 11) is 0. The number of rotatable bonds is 3. The fourth-order valence-electron chi connectivity index (χ4n) is 2.84. The van der Waals surface area contributed by atoms with Crippen LogP contribution in [-0.4, -0.2) is 12.0 Å². The molecule has 0 bridgehead atoms. The Morgan fingerprint density at radius 2 is 2.11 bits per heavy atom. The molecule has 1 aliphatic rings. The number of nitrogens with one attached hydrogen (secondary N) is 1. The summed E-state index contributed by atoms with van der Waals surface area (Å²) >= 11 is 0. The molecule has 104 valence electrons. The fourth-order valence-corrected chi connectivity index (χ4v) is 2.84. The number of nitrogens with two attached hydrogens (primary N) is 1. The molecule has 1 atom stereocenters. The van der Waals surface area contributed by atoms with Crippen molar-refractivity contribution in [3.05, 3.63) is 35.9 Å². The Morgan fingerprint density at radius 3 is 2.79 bits per heavy atom. The van der Waals surface area contributed by atoms with Crippen molar-refractivity contribution in [3.8, 4) is 0 Å². The molecule has 3 N–H and O–H groups in total. The highest BCUT2D eigenvalue weighted by atomic mass is 15.1. The molecule has 3 nitrogen and oxygen atoms in total. The summed E-state index contributed by atoms with van der Waals surface area (Å²) in [5.74, 6) is 0.576. The van der Waals surface area contributed by atoms with Crippen LogP contribution in [0.2, 0.25) is 0 Å². The largest absolute Gasteiger partial charge is 0.370 e. The van der Waals surface area contributed by atoms with Crippen molar-refractivity contribution in [1.82, 2.24) is 5.32 Å². The van der Waals surface area contributed by atoms with Crippen molar-refractivity contribution in [2.24, 2.45) is 16.1 Å². The molecule has 1 saturated carbocycles. The molecule has 1 aromatic rings. The van der Waals surface area contributed by atoms with Gasteiger partial charge in [0.25, 0.3) is 0 Å². The van der Waals surface area contributed by atoms with Crippen LogP contribution in [0.15, 0.2) is 35.3 Å². The molecule has 1 aromatic carbocycles. The van der Waals surface area contributed by atoms with E-state index in [-0.39, 0.29) is 0 Å². The van der Waals surface area contributed by atoms with E-state index in [1.807, 2.05) is 18.2 Å². The molecule has 1 aliphatic carbocycles. The van der Waals surface area contributed by atoms with Crippen LogP contribution >= 0.6 is 0 Å². The molecule has 0 heterocycles. The van der Waals surface area contributed by atoms with Crippen molar-refractivity contribution in [2.45, 2.75) is 52.1 Å². The number of hydrogen-bond donors (Lipinski definition) is 2. The van der Waals surface area contributed by atoms with Gasteiger partial charge in [0.05, 0.1) is 6.54 Å². The lowest BCUT2D eigenvalue weighted by Gasteiger charge is -2.35. The van der Waals surface area contributed by atoms with E-state index in [0.29, 0.717) is 24.0 Å². The van der Waals surface area contributed by atoms with Gasteiger partial charge in [0, 0.05) is 6.04 Å². The second-order valence-electron chi connectivity index (χ2n) is 6.29. The number of nitrogens with zero attached hydrogens (tertiary/aromatic N) is 1. The van der Waals surface area contributed by atoms with Gasteiger partial charge in [-0.1, -0.05) is 50.6 Å². The van der Waals surface area contributed by atoms with Crippen molar-refractivity contribution in [1.29, 1.82) is 0 Å². The van der Waals surface area contributed by atoms with Gasteiger partial charge in [-0.2, -0.15) is 0 Å². The molecule has 0 aromatic heterocycles. The minimum Gasteiger partial charge on any atom is -0.370 e. The lowest BCUT2D eigenvalue weighted by atomic mass is 9.75. The van der Waals surface area contributed by atoms with Gasteiger partial charge < -0.3 is 11.1 Å². The molecule has 0 saturated heterocycles. The van der Waals surface area contributed by atoms with Crippen LogP contribution in [0.25, 0.3) is 0 Å². The number of aliphatic imine (C=N–C) groups is 1. The maximum atomic E-state index is 5.98. The van der Waals surface area contributed by atoms with Crippen molar-refractivity contribution in [3.63, 3.8) is 0 Å². The van der Waals surface area contributed by atoms with Gasteiger partial charge in [0.2, 0.25) is 0 Å². The second kappa shape index (κ2) is 6.09. The summed E-state index contributed by atoms with van der Waals surface area (Å²) in [6.07, 6.45) is 4.96. The molecule has 1 fully saturated rings. The van der Waals surface area contributed by atoms with Crippen molar-refractivity contribution in [2.75, 3.05) is 0 Å². The molecule has 0 spiro atoms. The van der Waals surface area contributed by atoms with Gasteiger partial charge in [-0.25, -0.2) is 4.99 Å². The first-order valence-electron chi connectivity index (χ1n) is 7.16. The quantitative estimate of drug-likeness (QED) is 0.647. The monoisotopic (exact) mass is 259 g/mol. The normalized spacial score (nSPS) is 23.1. The van der Waals surface area contributed by atoms with Crippen LogP contribution in [-0.2, 0) is 6.54 Å². The van der Waals surface area contributed by atoms with Gasteiger partial charge >= 0.3 is 0 Å². The van der Waals surface area contributed by atoms with Gasteiger partial charge in [0.1, 0.15) is 0 Å². The Bertz CT molecular complexity index is 423. The Kier molecular flexibility index (Phi) is 4.46. The number of guanidine groups is 1. The van der Waals surface area contributed by atoms with E-state index in [9.17, 15) is 0 Å². The first-order chi connectivity index (χ1) is 9.05. The second-order valence-corrected chi connectivity index (χ2v) is 6.29. The Morgan fingerprint density at radius 1 is 1.37 bits per heavy atom. The van der Waals surface area contributed by atoms with Gasteiger partial charge in [-0.3, -0.25) is 0 Å². The molecule has 19 heavy (non-hydrogen) atoms. The first kappa shape index (κ1) is 13.9. The minimum absolute atomic E-state index is 0.426. The average molecular weight is 259 g/mol. The third kappa shape index (κ3) is 4.58. The van der Waals surface area contributed by atoms with E-state index in [2.05, 4.69) is 36.3 Å². The SMILES string of the molecule is CC1(C)CCCC(NC(N)=NCc2ccccc2)C1. The summed E-state index contributed by atoms with van der Waals surface area (Å²) in [6, 6.07) is 10.7. The topological polar surface area (TPSA) is 50.4 Å². The van der Waals surface area contributed by atoms with Crippen molar-refractivity contribution < 1.29 is 0 Å². The molecule has 0 radical (unpaired) electrons. The summed E-state index contributed by atoms with van der Waals surface area (Å²) in [5, 5.41) is 3.37. The predicted molar refractivity (Wildman–Crippen MR) is 80.9 cm³/mol. The summed E-state index contributed by atoms with van der Waals surface area (Å²) in [5.41, 5.74) is 7.60. The molecular weight excluding hydrogens is 234 g/mol. The van der Waals surface area contributed by atoms with Crippen molar-refractivity contribution >= 4 is 5.96 Å². The van der Waals surface area contributed by atoms with Crippen LogP contribution in [0.5, 0.6) is 0 Å². The average Bonchev–Trinajstić information content (AvgIpc) is 2.36. The highest BCUT2D eigenvalue weighted by Crippen LogP contribution is 2.34. The standard InChI is InChI=1S/C16H25N3/c1-16(2)10-6-9-14(11-16)19-15(17)18-12-13-7-4-3-5-8-13/h3-5,7-8,14H,6,9-12H2,1-2H3,(H3,17,18,19). The molecule has 2 rings (SSSR count). The fraction of sp³-hybridized carbons (Fsp3) is 0.562. The molecular formula is C16H25N3. The zero-order valence-corrected chi connectivity index (χ0v) is 12.0. The first-order valence-corrected chi connectivity index (χ1v) is 7.16. The van der Waals surface area contributed by atoms with E-state index < -0.39 is 0 Å². The molecule has 0 amide bonds. The van der Waals surface area contributed by atoms with Crippen LogP contribution in [0.4, 0.5) is 0 Å². The summed E-state index contributed by atoms with van der Waals surface area (Å²) in [4.78, 5) is 4.42. The zero-order chi connectivity index (χ0) is 13.7. The lowest BCUT2D eigenvalue weighted by Crippen LogP contribution is -2.44. The minimum atomic E-state index is 0.426. The highest BCUT2D eigenvalue weighted by molar-refractivity contribution is 5.78. The van der Waals surface area contributed by atoms with Crippen LogP contribution in [0, 0.1) is 5.41 Å². The zero-order valence-electron chi connectivity index (χ0n) is 12.0. The van der Waals surface area contributed by atoms with E-state index in [1.54, 1.807) is 0 Å². The molecule has 3 heteroatoms. The lowest BCUT2D eigenvalue weighted by molar-refractivity contribution is 0.210. The van der Waals surface area contributed by atoms with E-state index in [4.69, 9.17) is 5.73 Å². The van der Waals surface area contributed by atoms with E-state index >= 15 is 0 Å².